The molecule has 8 rings (SSSR count). The second-order valence-electron chi connectivity index (χ2n) is 21.0. The number of methoxy groups -OCH3 is 1. The number of hydrogen-bond acceptors (Lipinski definition) is 17. The Labute approximate surface area is 525 Å². The molecule has 5 aromatic rings. The molecule has 22 nitrogen and oxygen atoms in total. The number of amides is 3. The van der Waals surface area contributed by atoms with Crippen LogP contribution in [-0.4, -0.2) is 145 Å². The van der Waals surface area contributed by atoms with Crippen molar-refractivity contribution in [3.05, 3.63) is 87.5 Å². The quantitative estimate of drug-likeness (QED) is 0.0329. The van der Waals surface area contributed by atoms with Crippen LogP contribution in [0.5, 0.6) is 11.5 Å². The highest BCUT2D eigenvalue weighted by Crippen LogP contribution is 2.39. The van der Waals surface area contributed by atoms with Crippen molar-refractivity contribution in [2.45, 2.75) is 117 Å². The lowest BCUT2D eigenvalue weighted by atomic mass is 9.92. The smallest absolute Gasteiger partial charge is 0.320 e. The van der Waals surface area contributed by atoms with E-state index in [2.05, 4.69) is 67.7 Å². The van der Waals surface area contributed by atoms with Gasteiger partial charge >= 0.3 is 5.97 Å². The van der Waals surface area contributed by atoms with Gasteiger partial charge in [0.1, 0.15) is 41.5 Å². The molecule has 0 radical (unpaired) electrons. The van der Waals surface area contributed by atoms with Crippen molar-refractivity contribution < 1.29 is 52.3 Å². The summed E-state index contributed by atoms with van der Waals surface area (Å²) in [5.41, 5.74) is 9.70. The average Bonchev–Trinajstić information content (AvgIpc) is 1.98. The highest BCUT2D eigenvalue weighted by Gasteiger charge is 2.34. The molecular formula is C57H76Cl4FN12O10PS. The lowest BCUT2D eigenvalue weighted by Gasteiger charge is -2.35. The molecule has 29 heteroatoms. The predicted molar refractivity (Wildman–Crippen MR) is 339 cm³/mol. The topological polar surface area (TPSA) is 282 Å². The first-order valence-corrected chi connectivity index (χ1v) is 32.1. The number of fused-ring (bicyclic) bond motifs is 3. The Balaban J connectivity index is 0.000000238. The van der Waals surface area contributed by atoms with Crippen LogP contribution in [0.2, 0.25) is 5.28 Å². The van der Waals surface area contributed by atoms with Crippen LogP contribution < -0.4 is 45.3 Å². The third-order valence-electron chi connectivity index (χ3n) is 12.6. The number of aromatic nitrogens is 5. The van der Waals surface area contributed by atoms with Gasteiger partial charge in [-0.3, -0.25) is 28.6 Å². The summed E-state index contributed by atoms with van der Waals surface area (Å²) in [5, 5.41) is 14.5. The van der Waals surface area contributed by atoms with E-state index in [4.69, 9.17) is 82.8 Å². The van der Waals surface area contributed by atoms with E-state index < -0.39 is 30.0 Å². The molecule has 6 N–H and O–H groups in total. The van der Waals surface area contributed by atoms with Crippen LogP contribution in [-0.2, 0) is 47.9 Å². The first kappa shape index (κ1) is 72.3. The standard InChI is InChI=1S/C18H17FN4O2S.C15H22ClNO2.C11H11Cl2NO2.C8H14ClN5.C5H12NO4P/c1-4-5-22-13-7-12(11(19)6-14(13)25-9-16(22)24)20-17-23-10-18(2,3)8-15(23)21-26-17;1-5-13-8-6-7-11(2)15(13)17(14(18)9-16)12(3)10-19-4;1-7-6-16-9-5-3-2-4-8(9)14(7)11(15)10(12)13;1-4-10-7-12-6(9)13-8(14-7)11-5(2)3;1-11(9,10)3-2-4(6)5(7)8/h1,6-7H,5,8-10H2,2-3H3;6-8,12H,5,9-10H2,1-4H3;2-5,7,10H,6H2,1H3;5H,4H2,1-3H3,(H2,10,11,12,13,14);4H,2-3,6H2,1H3,(H,7,8)(H,9,10)/b20-17-;;;;. The minimum atomic E-state index is -3.10. The van der Waals surface area contributed by atoms with Gasteiger partial charge in [-0.25, -0.2) is 9.38 Å². The molecule has 2 aromatic heterocycles. The van der Waals surface area contributed by atoms with Gasteiger partial charge in [0.05, 0.1) is 42.3 Å². The molecule has 3 aliphatic rings. The van der Waals surface area contributed by atoms with E-state index in [0.717, 1.165) is 54.3 Å². The summed E-state index contributed by atoms with van der Waals surface area (Å²) in [6, 6.07) is 15.3. The molecule has 0 saturated carbocycles. The molecule has 0 spiro atoms. The highest BCUT2D eigenvalue weighted by molar-refractivity contribution is 7.57. The molecule has 4 unspecified atom stereocenters. The summed E-state index contributed by atoms with van der Waals surface area (Å²) in [6.07, 6.45) is 7.09. The first-order valence-electron chi connectivity index (χ1n) is 27.3. The number of carboxylic acid groups (broad SMARTS) is 1. The number of rotatable bonds is 17. The Kier molecular flexibility index (Phi) is 28.5. The van der Waals surface area contributed by atoms with Gasteiger partial charge < -0.3 is 54.9 Å². The number of aliphatic carboxylic acids is 1. The van der Waals surface area contributed by atoms with Crippen molar-refractivity contribution in [2.75, 3.05) is 84.1 Å². The van der Waals surface area contributed by atoms with Crippen LogP contribution in [0.15, 0.2) is 59.6 Å². The maximum absolute atomic E-state index is 14.5. The van der Waals surface area contributed by atoms with Crippen molar-refractivity contribution in [3.8, 4) is 23.8 Å². The fourth-order valence-electron chi connectivity index (χ4n) is 8.72. The number of carboxylic acids is 1. The molecule has 3 aliphatic heterocycles. The molecule has 86 heavy (non-hydrogen) atoms. The van der Waals surface area contributed by atoms with E-state index in [1.54, 1.807) is 16.9 Å². The Bertz CT molecular complexity index is 3290. The van der Waals surface area contributed by atoms with Gasteiger partial charge in [-0.2, -0.15) is 19.3 Å². The normalized spacial score (nSPS) is 15.9. The summed E-state index contributed by atoms with van der Waals surface area (Å²) in [4.78, 5) is 75.8. The van der Waals surface area contributed by atoms with Crippen LogP contribution in [0.25, 0.3) is 0 Å². The third kappa shape index (κ3) is 21.3. The maximum Gasteiger partial charge on any atom is 0.320 e. The molecular weight excluding hydrogens is 1240 g/mol. The molecule has 0 bridgehead atoms. The fourth-order valence-corrected chi connectivity index (χ4v) is 10.7. The summed E-state index contributed by atoms with van der Waals surface area (Å²) >= 11 is 24.0. The number of hydrogen-bond donors (Lipinski definition) is 5. The summed E-state index contributed by atoms with van der Waals surface area (Å²) < 4.78 is 47.7. The van der Waals surface area contributed by atoms with Crippen molar-refractivity contribution >= 4 is 124 Å². The van der Waals surface area contributed by atoms with Crippen LogP contribution in [0.4, 0.5) is 39.0 Å². The minimum Gasteiger partial charge on any atom is -0.489 e. The molecule has 4 atom stereocenters. The molecule has 0 fully saturated rings. The molecule has 5 heterocycles. The zero-order valence-electron chi connectivity index (χ0n) is 49.9. The van der Waals surface area contributed by atoms with E-state index in [1.165, 1.54) is 35.2 Å². The van der Waals surface area contributed by atoms with E-state index in [9.17, 15) is 28.1 Å². The molecule has 470 valence electrons. The van der Waals surface area contributed by atoms with E-state index in [1.807, 2.05) is 82.5 Å². The number of benzene rings is 3. The van der Waals surface area contributed by atoms with Gasteiger partial charge in [-0.05, 0) is 101 Å². The Morgan fingerprint density at radius 2 is 1.76 bits per heavy atom. The molecule has 3 aromatic carbocycles. The number of halogens is 5. The van der Waals surface area contributed by atoms with Gasteiger partial charge in [-0.1, -0.05) is 80.2 Å². The van der Waals surface area contributed by atoms with Gasteiger partial charge in [0, 0.05) is 63.1 Å². The lowest BCUT2D eigenvalue weighted by molar-refractivity contribution is -0.138. The van der Waals surface area contributed by atoms with E-state index in [0.29, 0.717) is 47.1 Å². The number of anilines is 5. The summed E-state index contributed by atoms with van der Waals surface area (Å²) in [7, 11) is -1.47. The highest BCUT2D eigenvalue weighted by atomic mass is 35.5. The number of nitrogens with one attached hydrogen (secondary N) is 2. The number of alkyl halides is 3. The number of terminal acetylenes is 1. The zero-order valence-corrected chi connectivity index (χ0v) is 54.7. The Morgan fingerprint density at radius 3 is 2.36 bits per heavy atom. The second-order valence-corrected chi connectivity index (χ2v) is 26.0. The van der Waals surface area contributed by atoms with Gasteiger partial charge in [0.25, 0.3) is 11.8 Å². The van der Waals surface area contributed by atoms with Gasteiger partial charge in [0.15, 0.2) is 24.6 Å². The number of carbonyl (C=O) groups excluding carboxylic acids is 3. The Morgan fingerprint density at radius 1 is 1.07 bits per heavy atom. The number of nitrogens with two attached hydrogens (primary N) is 1. The van der Waals surface area contributed by atoms with E-state index in [-0.39, 0.29) is 83.8 Å². The number of nitrogens with zero attached hydrogens (tertiary/aromatic N) is 9. The van der Waals surface area contributed by atoms with Crippen LogP contribution in [0, 0.1) is 30.5 Å². The number of carbonyl (C=O) groups is 4. The number of para-hydroxylation sites is 3. The molecule has 0 saturated heterocycles. The fraction of sp³-hybridized carbons (Fsp3) is 0.491. The second kappa shape index (κ2) is 33.8. The van der Waals surface area contributed by atoms with Crippen LogP contribution >= 0.6 is 65.3 Å². The van der Waals surface area contributed by atoms with Crippen molar-refractivity contribution in [1.82, 2.24) is 23.9 Å². The van der Waals surface area contributed by atoms with Gasteiger partial charge in [-0.15, -0.1) is 18.0 Å². The molecule has 3 amide bonds. The summed E-state index contributed by atoms with van der Waals surface area (Å²) in [6.45, 7) is 21.9. The largest absolute Gasteiger partial charge is 0.489 e. The predicted octanol–water partition coefficient (Wildman–Crippen LogP) is 9.49. The number of ether oxygens (including phenoxy) is 3. The van der Waals surface area contributed by atoms with Crippen LogP contribution in [0.1, 0.15) is 78.8 Å². The minimum absolute atomic E-state index is 0.0223. The first-order chi connectivity index (χ1) is 40.5. The average molecular weight is 1310 g/mol. The molecule has 0 aliphatic carbocycles. The zero-order chi connectivity index (χ0) is 64.2. The SMILES string of the molecule is C#CCN1C(=O)COc2cc(F)c(/N=c3\snc4n3CC(C)(C)C4)cc21.CC1COc2ccccc2N1C(=O)C(Cl)Cl.CCNc1nc(Cl)nc(NC(C)C)n1.CCc1cccc(C)c1N(C(=O)CCl)C(C)COC.CP(=O)(O)CCC(N)C(=O)O. The number of aryl methyl sites for hydroxylation is 2. The van der Waals surface area contributed by atoms with E-state index >= 15 is 0 Å². The maximum atomic E-state index is 14.5. The van der Waals surface area contributed by atoms with Gasteiger partial charge in [0.2, 0.25) is 27.9 Å². The van der Waals surface area contributed by atoms with Crippen LogP contribution in [0.3, 0.4) is 0 Å². The van der Waals surface area contributed by atoms with Crippen molar-refractivity contribution in [2.24, 2.45) is 16.1 Å². The lowest BCUT2D eigenvalue weighted by Crippen LogP contribution is -2.47. The third-order valence-corrected chi connectivity index (χ3v) is 15.2. The van der Waals surface area contributed by atoms with Crippen molar-refractivity contribution in [1.29, 1.82) is 0 Å². The Hall–Kier alpha value is -6.13. The monoisotopic (exact) mass is 1310 g/mol. The van der Waals surface area contributed by atoms with Crippen molar-refractivity contribution in [3.63, 3.8) is 0 Å². The summed E-state index contributed by atoms with van der Waals surface area (Å²) in [5.74, 6) is 3.03.